The quantitative estimate of drug-likeness (QED) is 0.265. The third-order valence-corrected chi connectivity index (χ3v) is 1.53. The van der Waals surface area contributed by atoms with Gasteiger partial charge in [-0.25, -0.2) is 10.6 Å². The van der Waals surface area contributed by atoms with Gasteiger partial charge in [-0.3, -0.25) is 4.79 Å². The molecule has 0 bridgehead atoms. The summed E-state index contributed by atoms with van der Waals surface area (Å²) in [5, 5.41) is 5.63. The lowest BCUT2D eigenvalue weighted by atomic mass is 10.6. The lowest BCUT2D eigenvalue weighted by Crippen LogP contribution is -3.18. The summed E-state index contributed by atoms with van der Waals surface area (Å²) in [5.74, 6) is 5.79. The SMILES string of the molecule is CNC(NC)(OC(C)=O)[NH+](C)[NH-]. The number of carbonyl (C=O) groups excluding carboxylic acids is 1. The standard InChI is InChI=1S/C6H16N4O2/c1-5(11)12-6(8-2,9-3)10(4)7/h7-10H,1-4H3. The maximum atomic E-state index is 10.7. The van der Waals surface area contributed by atoms with Crippen LogP contribution in [0.25, 0.3) is 5.84 Å². The Kier molecular flexibility index (Phi) is 4.11. The number of quaternary nitrogens is 1. The minimum atomic E-state index is -1.16. The van der Waals surface area contributed by atoms with E-state index in [9.17, 15) is 4.79 Å². The van der Waals surface area contributed by atoms with E-state index in [0.717, 1.165) is 0 Å². The van der Waals surface area contributed by atoms with Crippen molar-refractivity contribution in [2.45, 2.75) is 12.9 Å². The van der Waals surface area contributed by atoms with Crippen molar-refractivity contribution >= 4 is 5.97 Å². The number of carbonyl (C=O) groups is 1. The Labute approximate surface area is 72.0 Å². The van der Waals surface area contributed by atoms with Gasteiger partial charge in [0, 0.05) is 6.92 Å². The summed E-state index contributed by atoms with van der Waals surface area (Å²) in [6.45, 7) is 1.30. The second kappa shape index (κ2) is 4.36. The van der Waals surface area contributed by atoms with Gasteiger partial charge in [-0.05, 0) is 14.1 Å². The van der Waals surface area contributed by atoms with Crippen molar-refractivity contribution in [1.82, 2.24) is 10.6 Å². The van der Waals surface area contributed by atoms with Gasteiger partial charge >= 0.3 is 11.9 Å². The molecule has 0 radical (unpaired) electrons. The van der Waals surface area contributed by atoms with Gasteiger partial charge in [0.2, 0.25) is 0 Å². The number of nitrogens with one attached hydrogen (secondary N) is 4. The Morgan fingerprint density at radius 2 is 1.92 bits per heavy atom. The van der Waals surface area contributed by atoms with Gasteiger partial charge in [-0.1, -0.05) is 0 Å². The second-order valence-electron chi connectivity index (χ2n) is 2.40. The van der Waals surface area contributed by atoms with E-state index in [1.54, 1.807) is 21.1 Å². The second-order valence-corrected chi connectivity index (χ2v) is 2.40. The minimum Gasteiger partial charge on any atom is -0.464 e. The van der Waals surface area contributed by atoms with Crippen molar-refractivity contribution in [1.29, 1.82) is 0 Å². The molecule has 0 saturated heterocycles. The van der Waals surface area contributed by atoms with E-state index < -0.39 is 11.9 Å². The van der Waals surface area contributed by atoms with Gasteiger partial charge < -0.3 is 15.6 Å². The topological polar surface area (TPSA) is 78.6 Å². The number of esters is 1. The maximum absolute atomic E-state index is 10.7. The van der Waals surface area contributed by atoms with E-state index >= 15 is 0 Å². The molecule has 6 nitrogen and oxygen atoms in total. The Morgan fingerprint density at radius 3 is 2.00 bits per heavy atom. The Morgan fingerprint density at radius 1 is 1.50 bits per heavy atom. The predicted molar refractivity (Wildman–Crippen MR) is 43.8 cm³/mol. The van der Waals surface area contributed by atoms with Crippen LogP contribution >= 0.6 is 0 Å². The highest BCUT2D eigenvalue weighted by atomic mass is 16.6. The maximum Gasteiger partial charge on any atom is 0.361 e. The van der Waals surface area contributed by atoms with Crippen LogP contribution in [0.3, 0.4) is 0 Å². The third kappa shape index (κ3) is 2.42. The van der Waals surface area contributed by atoms with Gasteiger partial charge in [-0.15, -0.1) is 0 Å². The molecule has 1 atom stereocenters. The molecular weight excluding hydrogens is 160 g/mol. The first-order valence-corrected chi connectivity index (χ1v) is 3.61. The highest BCUT2D eigenvalue weighted by Crippen LogP contribution is 1.91. The van der Waals surface area contributed by atoms with Gasteiger partial charge in [-0.2, -0.15) is 0 Å². The van der Waals surface area contributed by atoms with Gasteiger partial charge in [0.15, 0.2) is 0 Å². The molecule has 0 rings (SSSR count). The largest absolute Gasteiger partial charge is 0.464 e. The zero-order chi connectivity index (χ0) is 9.78. The smallest absolute Gasteiger partial charge is 0.361 e. The van der Waals surface area contributed by atoms with E-state index in [2.05, 4.69) is 10.6 Å². The molecule has 0 aromatic carbocycles. The first-order valence-electron chi connectivity index (χ1n) is 3.61. The van der Waals surface area contributed by atoms with Crippen LogP contribution in [0.1, 0.15) is 6.92 Å². The summed E-state index contributed by atoms with van der Waals surface area (Å²) in [4.78, 5) is 10.7. The molecule has 4 N–H and O–H groups in total. The average molecular weight is 176 g/mol. The Hall–Kier alpha value is -0.690. The molecule has 0 aromatic heterocycles. The summed E-state index contributed by atoms with van der Waals surface area (Å²) in [7, 11) is 4.77. The Bertz CT molecular complexity index is 156. The van der Waals surface area contributed by atoms with Crippen molar-refractivity contribution in [3.05, 3.63) is 5.84 Å². The predicted octanol–water partition coefficient (Wildman–Crippen LogP) is -1.92. The van der Waals surface area contributed by atoms with Crippen LogP contribution in [-0.2, 0) is 9.53 Å². The number of ether oxygens (including phenoxy) is 1. The molecule has 0 fully saturated rings. The fourth-order valence-electron chi connectivity index (χ4n) is 0.894. The van der Waals surface area contributed by atoms with E-state index in [1.807, 2.05) is 0 Å². The lowest BCUT2D eigenvalue weighted by molar-refractivity contribution is -0.922. The van der Waals surface area contributed by atoms with Gasteiger partial charge in [0.1, 0.15) is 0 Å². The summed E-state index contributed by atoms with van der Waals surface area (Å²) in [5.41, 5.74) is 0. The van der Waals surface area contributed by atoms with E-state index in [0.29, 0.717) is 0 Å². The molecule has 0 heterocycles. The van der Waals surface area contributed by atoms with Gasteiger partial charge in [0.05, 0.1) is 7.05 Å². The van der Waals surface area contributed by atoms with Crippen molar-refractivity contribution in [2.75, 3.05) is 21.1 Å². The Balaban J connectivity index is 4.46. The average Bonchev–Trinajstić information content (AvgIpc) is 1.99. The van der Waals surface area contributed by atoms with Crippen LogP contribution < -0.4 is 15.6 Å². The van der Waals surface area contributed by atoms with Crippen LogP contribution in [0.15, 0.2) is 0 Å². The molecule has 0 aliphatic heterocycles. The molecule has 0 amide bonds. The van der Waals surface area contributed by atoms with Gasteiger partial charge in [0.25, 0.3) is 0 Å². The van der Waals surface area contributed by atoms with E-state index in [-0.39, 0.29) is 5.01 Å². The molecular formula is C6H16N4O2. The summed E-state index contributed by atoms with van der Waals surface area (Å²) in [6, 6.07) is 0. The molecule has 0 aliphatic carbocycles. The molecule has 0 spiro atoms. The fraction of sp³-hybridized carbons (Fsp3) is 0.833. The molecule has 72 valence electrons. The molecule has 0 aliphatic rings. The van der Waals surface area contributed by atoms with Crippen LogP contribution in [0, 0.1) is 0 Å². The molecule has 12 heavy (non-hydrogen) atoms. The van der Waals surface area contributed by atoms with Crippen molar-refractivity contribution in [2.24, 2.45) is 0 Å². The van der Waals surface area contributed by atoms with Crippen LogP contribution in [0.5, 0.6) is 0 Å². The fourth-order valence-corrected chi connectivity index (χ4v) is 0.894. The zero-order valence-electron chi connectivity index (χ0n) is 7.82. The first kappa shape index (κ1) is 11.3. The van der Waals surface area contributed by atoms with Crippen molar-refractivity contribution < 1.29 is 14.5 Å². The van der Waals surface area contributed by atoms with E-state index in [1.165, 1.54) is 6.92 Å². The van der Waals surface area contributed by atoms with Crippen LogP contribution in [0.2, 0.25) is 0 Å². The summed E-state index contributed by atoms with van der Waals surface area (Å²) in [6.07, 6.45) is 0. The first-order chi connectivity index (χ1) is 5.48. The third-order valence-electron chi connectivity index (χ3n) is 1.53. The highest BCUT2D eigenvalue weighted by Gasteiger charge is 2.34. The number of rotatable bonds is 4. The van der Waals surface area contributed by atoms with Crippen molar-refractivity contribution in [3.63, 3.8) is 0 Å². The lowest BCUT2D eigenvalue weighted by Gasteiger charge is -2.37. The number of hydrogen-bond donors (Lipinski definition) is 3. The number of hydrogen-bond acceptors (Lipinski definition) is 4. The minimum absolute atomic E-state index is 0.197. The normalized spacial score (nSPS) is 14.1. The molecule has 0 aromatic rings. The summed E-state index contributed by atoms with van der Waals surface area (Å²) >= 11 is 0. The van der Waals surface area contributed by atoms with Crippen LogP contribution in [0.4, 0.5) is 0 Å². The summed E-state index contributed by atoms with van der Waals surface area (Å²) < 4.78 is 4.91. The molecule has 6 heteroatoms. The van der Waals surface area contributed by atoms with E-state index in [4.69, 9.17) is 10.6 Å². The van der Waals surface area contributed by atoms with Crippen molar-refractivity contribution in [3.8, 4) is 0 Å². The molecule has 0 saturated carbocycles. The highest BCUT2D eigenvalue weighted by molar-refractivity contribution is 5.66. The van der Waals surface area contributed by atoms with Crippen LogP contribution in [-0.4, -0.2) is 33.1 Å². The monoisotopic (exact) mass is 176 g/mol. The molecule has 1 unspecified atom stereocenters. The zero-order valence-corrected chi connectivity index (χ0v) is 7.82.